The molecule has 0 aliphatic carbocycles. The second-order valence-electron chi connectivity index (χ2n) is 4.66. The van der Waals surface area contributed by atoms with Gasteiger partial charge in [-0.05, 0) is 59.1 Å². The first-order valence-corrected chi connectivity index (χ1v) is 8.46. The summed E-state index contributed by atoms with van der Waals surface area (Å²) >= 11 is 5.34. The third-order valence-corrected chi connectivity index (χ3v) is 4.93. The zero-order valence-electron chi connectivity index (χ0n) is 11.9. The molecule has 0 aliphatic rings. The molecule has 20 heavy (non-hydrogen) atoms. The van der Waals surface area contributed by atoms with Gasteiger partial charge in [-0.2, -0.15) is 0 Å². The summed E-state index contributed by atoms with van der Waals surface area (Å²) in [6, 6.07) is 12.9. The van der Waals surface area contributed by atoms with Crippen molar-refractivity contribution >= 4 is 27.3 Å². The number of methoxy groups -OCH3 is 1. The van der Waals surface area contributed by atoms with Gasteiger partial charge in [0.15, 0.2) is 0 Å². The number of nitrogens with one attached hydrogen (secondary N) is 1. The van der Waals surface area contributed by atoms with Gasteiger partial charge in [-0.25, -0.2) is 0 Å². The molecule has 0 amide bonds. The minimum Gasteiger partial charge on any atom is -0.496 e. The van der Waals surface area contributed by atoms with Crippen LogP contribution in [0.4, 0.5) is 0 Å². The van der Waals surface area contributed by atoms with Crippen LogP contribution in [0.1, 0.15) is 29.8 Å². The zero-order chi connectivity index (χ0) is 14.4. The van der Waals surface area contributed by atoms with Gasteiger partial charge in [0.25, 0.3) is 0 Å². The lowest BCUT2D eigenvalue weighted by Crippen LogP contribution is -2.23. The summed E-state index contributed by atoms with van der Waals surface area (Å²) in [4.78, 5) is 1.36. The number of benzene rings is 1. The number of para-hydroxylation sites is 1. The zero-order valence-corrected chi connectivity index (χ0v) is 14.3. The van der Waals surface area contributed by atoms with Crippen LogP contribution < -0.4 is 10.1 Å². The second kappa shape index (κ2) is 7.81. The molecule has 4 heteroatoms. The maximum absolute atomic E-state index is 5.46. The molecule has 1 N–H and O–H groups in total. The first-order valence-electron chi connectivity index (χ1n) is 6.85. The van der Waals surface area contributed by atoms with Crippen molar-refractivity contribution in [3.8, 4) is 5.75 Å². The van der Waals surface area contributed by atoms with E-state index in [1.807, 2.05) is 12.1 Å². The van der Waals surface area contributed by atoms with Gasteiger partial charge in [-0.3, -0.25) is 0 Å². The molecule has 0 fully saturated rings. The van der Waals surface area contributed by atoms with Crippen LogP contribution in [0.15, 0.2) is 40.2 Å². The summed E-state index contributed by atoms with van der Waals surface area (Å²) in [6.07, 6.45) is 2.08. The van der Waals surface area contributed by atoms with Crippen molar-refractivity contribution in [1.29, 1.82) is 0 Å². The quantitative estimate of drug-likeness (QED) is 0.771. The molecule has 0 saturated carbocycles. The minimum atomic E-state index is 0.336. The highest BCUT2D eigenvalue weighted by Crippen LogP contribution is 2.31. The van der Waals surface area contributed by atoms with Crippen LogP contribution in [0, 0.1) is 0 Å². The molecule has 1 unspecified atom stereocenters. The Balaban J connectivity index is 2.19. The highest BCUT2D eigenvalue weighted by molar-refractivity contribution is 9.11. The van der Waals surface area contributed by atoms with Crippen LogP contribution >= 0.6 is 27.3 Å². The smallest absolute Gasteiger partial charge is 0.122 e. The van der Waals surface area contributed by atoms with Gasteiger partial charge in [-0.1, -0.05) is 25.1 Å². The fourth-order valence-electron chi connectivity index (χ4n) is 2.20. The third kappa shape index (κ3) is 4.08. The number of halogens is 1. The lowest BCUT2D eigenvalue weighted by atomic mass is 10.0. The van der Waals surface area contributed by atoms with Gasteiger partial charge in [0.05, 0.1) is 10.9 Å². The number of hydrogen-bond donors (Lipinski definition) is 1. The molecule has 1 atom stereocenters. The molecular weight excluding hydrogens is 334 g/mol. The third-order valence-electron chi connectivity index (χ3n) is 3.19. The molecule has 0 bridgehead atoms. The summed E-state index contributed by atoms with van der Waals surface area (Å²) < 4.78 is 6.63. The van der Waals surface area contributed by atoms with E-state index in [0.717, 1.165) is 25.1 Å². The summed E-state index contributed by atoms with van der Waals surface area (Å²) in [7, 11) is 1.73. The van der Waals surface area contributed by atoms with Crippen molar-refractivity contribution < 1.29 is 4.74 Å². The number of rotatable bonds is 7. The molecule has 1 aromatic heterocycles. The van der Waals surface area contributed by atoms with Gasteiger partial charge >= 0.3 is 0 Å². The molecule has 108 valence electrons. The molecule has 1 heterocycles. The molecule has 1 aromatic carbocycles. The van der Waals surface area contributed by atoms with Crippen molar-refractivity contribution in [2.24, 2.45) is 0 Å². The topological polar surface area (TPSA) is 21.3 Å². The standard InChI is InChI=1S/C16H20BrNOS/c1-3-10-18-13(15-8-9-16(17)20-15)11-12-6-4-5-7-14(12)19-2/h4-9,13,18H,3,10-11H2,1-2H3. The van der Waals surface area contributed by atoms with Crippen LogP contribution in [0.3, 0.4) is 0 Å². The molecule has 0 saturated heterocycles. The van der Waals surface area contributed by atoms with Crippen LogP contribution in [-0.4, -0.2) is 13.7 Å². The predicted octanol–water partition coefficient (Wildman–Crippen LogP) is 4.80. The molecule has 2 nitrogen and oxygen atoms in total. The van der Waals surface area contributed by atoms with Crippen molar-refractivity contribution in [3.05, 3.63) is 50.6 Å². The van der Waals surface area contributed by atoms with E-state index in [9.17, 15) is 0 Å². The van der Waals surface area contributed by atoms with Crippen molar-refractivity contribution in [1.82, 2.24) is 5.32 Å². The highest BCUT2D eigenvalue weighted by Gasteiger charge is 2.15. The predicted molar refractivity (Wildman–Crippen MR) is 89.8 cm³/mol. The van der Waals surface area contributed by atoms with Crippen LogP contribution in [0.25, 0.3) is 0 Å². The fraction of sp³-hybridized carbons (Fsp3) is 0.375. The van der Waals surface area contributed by atoms with Crippen LogP contribution in [0.2, 0.25) is 0 Å². The molecular formula is C16H20BrNOS. The summed E-state index contributed by atoms with van der Waals surface area (Å²) in [5.74, 6) is 0.964. The fourth-order valence-corrected chi connectivity index (χ4v) is 3.70. The second-order valence-corrected chi connectivity index (χ2v) is 7.16. The minimum absolute atomic E-state index is 0.336. The number of thiophene rings is 1. The first-order chi connectivity index (χ1) is 9.74. The normalized spacial score (nSPS) is 12.3. The van der Waals surface area contributed by atoms with Crippen molar-refractivity contribution in [2.45, 2.75) is 25.8 Å². The van der Waals surface area contributed by atoms with Crippen molar-refractivity contribution in [3.63, 3.8) is 0 Å². The summed E-state index contributed by atoms with van der Waals surface area (Å²) in [5.41, 5.74) is 1.24. The largest absolute Gasteiger partial charge is 0.496 e. The number of hydrogen-bond acceptors (Lipinski definition) is 3. The van der Waals surface area contributed by atoms with E-state index in [1.54, 1.807) is 18.4 Å². The summed E-state index contributed by atoms with van der Waals surface area (Å²) in [5, 5.41) is 3.63. The lowest BCUT2D eigenvalue weighted by Gasteiger charge is -2.18. The van der Waals surface area contributed by atoms with E-state index in [2.05, 4.69) is 52.4 Å². The summed E-state index contributed by atoms with van der Waals surface area (Å²) in [6.45, 7) is 3.22. The average molecular weight is 354 g/mol. The van der Waals surface area contributed by atoms with E-state index in [1.165, 1.54) is 14.2 Å². The maximum atomic E-state index is 5.46. The Bertz CT molecular complexity index is 541. The average Bonchev–Trinajstić information content (AvgIpc) is 2.90. The Morgan fingerprint density at radius 3 is 2.70 bits per heavy atom. The van der Waals surface area contributed by atoms with Gasteiger partial charge in [0.2, 0.25) is 0 Å². The van der Waals surface area contributed by atoms with Gasteiger partial charge < -0.3 is 10.1 Å². The van der Waals surface area contributed by atoms with Gasteiger partial charge in [0.1, 0.15) is 5.75 Å². The van der Waals surface area contributed by atoms with Crippen LogP contribution in [0.5, 0.6) is 5.75 Å². The highest BCUT2D eigenvalue weighted by atomic mass is 79.9. The Labute approximate surface area is 133 Å². The molecule has 0 aliphatic heterocycles. The Morgan fingerprint density at radius 1 is 1.25 bits per heavy atom. The Morgan fingerprint density at radius 2 is 2.05 bits per heavy atom. The Kier molecular flexibility index (Phi) is 6.07. The van der Waals surface area contributed by atoms with Crippen LogP contribution in [-0.2, 0) is 6.42 Å². The maximum Gasteiger partial charge on any atom is 0.122 e. The van der Waals surface area contributed by atoms with Gasteiger partial charge in [0, 0.05) is 10.9 Å². The van der Waals surface area contributed by atoms with Crippen molar-refractivity contribution in [2.75, 3.05) is 13.7 Å². The van der Waals surface area contributed by atoms with Gasteiger partial charge in [-0.15, -0.1) is 11.3 Å². The van der Waals surface area contributed by atoms with E-state index >= 15 is 0 Å². The van der Waals surface area contributed by atoms with E-state index in [-0.39, 0.29) is 0 Å². The van der Waals surface area contributed by atoms with E-state index < -0.39 is 0 Å². The molecule has 2 aromatic rings. The number of ether oxygens (including phenoxy) is 1. The molecule has 2 rings (SSSR count). The monoisotopic (exact) mass is 353 g/mol. The molecule has 0 spiro atoms. The van der Waals surface area contributed by atoms with E-state index in [4.69, 9.17) is 4.74 Å². The Hall–Kier alpha value is -0.840. The molecule has 0 radical (unpaired) electrons. The first kappa shape index (κ1) is 15.5. The SMILES string of the molecule is CCCNC(Cc1ccccc1OC)c1ccc(Br)s1. The van der Waals surface area contributed by atoms with E-state index in [0.29, 0.717) is 6.04 Å². The lowest BCUT2D eigenvalue weighted by molar-refractivity contribution is 0.405.